The van der Waals surface area contributed by atoms with Crippen LogP contribution in [0.4, 0.5) is 0 Å². The lowest BCUT2D eigenvalue weighted by molar-refractivity contribution is -0.127. The molecule has 0 saturated carbocycles. The van der Waals surface area contributed by atoms with E-state index < -0.39 is 0 Å². The maximum absolute atomic E-state index is 12.0. The van der Waals surface area contributed by atoms with Crippen LogP contribution in [0.5, 0.6) is 5.75 Å². The maximum atomic E-state index is 12.0. The average molecular weight is 549 g/mol. The molecule has 3 aromatic rings. The second-order valence-corrected chi connectivity index (χ2v) is 7.60. The monoisotopic (exact) mass is 549 g/mol. The Bertz CT molecular complexity index is 1030. The number of methoxy groups -OCH3 is 1. The van der Waals surface area contributed by atoms with Gasteiger partial charge in [0.1, 0.15) is 12.3 Å². The Labute approximate surface area is 206 Å². The van der Waals surface area contributed by atoms with E-state index in [1.165, 1.54) is 5.56 Å². The van der Waals surface area contributed by atoms with E-state index in [-0.39, 0.29) is 42.5 Å². The SMILES string of the molecule is COc1cccc2[nH]cc(CCNC(=NCC(=O)N(C)C)NC(C)c3ccccc3)c12.I. The number of nitrogens with zero attached hydrogens (tertiary/aromatic N) is 2. The fourth-order valence-electron chi connectivity index (χ4n) is 3.37. The molecule has 172 valence electrons. The first-order chi connectivity index (χ1) is 15.0. The average Bonchev–Trinajstić information content (AvgIpc) is 3.20. The van der Waals surface area contributed by atoms with Gasteiger partial charge in [0, 0.05) is 37.7 Å². The van der Waals surface area contributed by atoms with Crippen LogP contribution in [0.2, 0.25) is 0 Å². The molecule has 0 aliphatic heterocycles. The third-order valence-corrected chi connectivity index (χ3v) is 5.18. The zero-order valence-corrected chi connectivity index (χ0v) is 21.3. The number of aromatic amines is 1. The van der Waals surface area contributed by atoms with Crippen molar-refractivity contribution in [1.29, 1.82) is 0 Å². The number of halogens is 1. The number of carbonyl (C=O) groups is 1. The number of rotatable bonds is 8. The highest BCUT2D eigenvalue weighted by Crippen LogP contribution is 2.28. The van der Waals surface area contributed by atoms with Crippen molar-refractivity contribution in [2.24, 2.45) is 4.99 Å². The molecule has 3 N–H and O–H groups in total. The molecule has 0 bridgehead atoms. The molecule has 1 unspecified atom stereocenters. The van der Waals surface area contributed by atoms with Gasteiger partial charge in [-0.15, -0.1) is 24.0 Å². The molecule has 1 aromatic heterocycles. The normalized spacial score (nSPS) is 12.1. The molecule has 0 saturated heterocycles. The van der Waals surface area contributed by atoms with Crippen LogP contribution in [0.3, 0.4) is 0 Å². The molecular weight excluding hydrogens is 517 g/mol. The molecule has 1 amide bonds. The van der Waals surface area contributed by atoms with Crippen molar-refractivity contribution in [3.63, 3.8) is 0 Å². The van der Waals surface area contributed by atoms with E-state index in [9.17, 15) is 4.79 Å². The summed E-state index contributed by atoms with van der Waals surface area (Å²) in [5.74, 6) is 1.42. The Balaban J connectivity index is 0.00000363. The highest BCUT2D eigenvalue weighted by Gasteiger charge is 2.12. The quantitative estimate of drug-likeness (QED) is 0.227. The number of amides is 1. The van der Waals surface area contributed by atoms with E-state index in [0.29, 0.717) is 12.5 Å². The largest absolute Gasteiger partial charge is 0.496 e. The van der Waals surface area contributed by atoms with Gasteiger partial charge < -0.3 is 25.3 Å². The highest BCUT2D eigenvalue weighted by atomic mass is 127. The lowest BCUT2D eigenvalue weighted by Gasteiger charge is -2.19. The van der Waals surface area contributed by atoms with E-state index in [2.05, 4.69) is 39.7 Å². The van der Waals surface area contributed by atoms with Crippen LogP contribution < -0.4 is 15.4 Å². The van der Waals surface area contributed by atoms with Crippen molar-refractivity contribution in [1.82, 2.24) is 20.5 Å². The van der Waals surface area contributed by atoms with Gasteiger partial charge in [-0.2, -0.15) is 0 Å². The van der Waals surface area contributed by atoms with Gasteiger partial charge in [-0.05, 0) is 36.6 Å². The van der Waals surface area contributed by atoms with Crippen LogP contribution in [-0.2, 0) is 11.2 Å². The van der Waals surface area contributed by atoms with Gasteiger partial charge in [-0.25, -0.2) is 4.99 Å². The summed E-state index contributed by atoms with van der Waals surface area (Å²) in [7, 11) is 5.15. The molecule has 1 atom stereocenters. The summed E-state index contributed by atoms with van der Waals surface area (Å²) in [6.45, 7) is 2.82. The predicted octanol–water partition coefficient (Wildman–Crippen LogP) is 3.72. The Morgan fingerprint density at radius 3 is 2.59 bits per heavy atom. The van der Waals surface area contributed by atoms with Crippen molar-refractivity contribution in [3.8, 4) is 5.75 Å². The minimum atomic E-state index is -0.0465. The van der Waals surface area contributed by atoms with Gasteiger partial charge in [0.05, 0.1) is 13.2 Å². The first kappa shape index (κ1) is 25.5. The minimum absolute atomic E-state index is 0. The fourth-order valence-corrected chi connectivity index (χ4v) is 3.37. The van der Waals surface area contributed by atoms with Crippen LogP contribution in [-0.4, -0.2) is 56.0 Å². The van der Waals surface area contributed by atoms with Gasteiger partial charge in [-0.3, -0.25) is 4.79 Å². The highest BCUT2D eigenvalue weighted by molar-refractivity contribution is 14.0. The van der Waals surface area contributed by atoms with Crippen LogP contribution in [0.1, 0.15) is 24.1 Å². The van der Waals surface area contributed by atoms with Crippen molar-refractivity contribution >= 4 is 46.7 Å². The van der Waals surface area contributed by atoms with Crippen LogP contribution >= 0.6 is 24.0 Å². The molecule has 0 aliphatic rings. The number of ether oxygens (including phenoxy) is 1. The second-order valence-electron chi connectivity index (χ2n) is 7.60. The number of fused-ring (bicyclic) bond motifs is 1. The molecule has 0 fully saturated rings. The Morgan fingerprint density at radius 1 is 1.16 bits per heavy atom. The van der Waals surface area contributed by atoms with E-state index in [1.807, 2.05) is 42.6 Å². The second kappa shape index (κ2) is 12.3. The molecule has 2 aromatic carbocycles. The summed E-state index contributed by atoms with van der Waals surface area (Å²) in [4.78, 5) is 21.4. The zero-order chi connectivity index (χ0) is 22.2. The Hall–Kier alpha value is -2.75. The number of aromatic nitrogens is 1. The minimum Gasteiger partial charge on any atom is -0.496 e. The molecule has 0 spiro atoms. The van der Waals surface area contributed by atoms with Crippen molar-refractivity contribution in [2.45, 2.75) is 19.4 Å². The summed E-state index contributed by atoms with van der Waals surface area (Å²) in [5.41, 5.74) is 3.37. The van der Waals surface area contributed by atoms with Crippen molar-refractivity contribution in [2.75, 3.05) is 34.3 Å². The smallest absolute Gasteiger partial charge is 0.243 e. The lowest BCUT2D eigenvalue weighted by Crippen LogP contribution is -2.40. The molecule has 0 aliphatic carbocycles. The summed E-state index contributed by atoms with van der Waals surface area (Å²) < 4.78 is 5.52. The molecule has 7 nitrogen and oxygen atoms in total. The zero-order valence-electron chi connectivity index (χ0n) is 19.0. The predicted molar refractivity (Wildman–Crippen MR) is 141 cm³/mol. The standard InChI is InChI=1S/C24H31N5O2.HI/c1-17(18-9-6-5-7-10-18)28-24(27-16-22(30)29(2)3)25-14-13-19-15-26-20-11-8-12-21(31-4)23(19)20;/h5-12,15,17,26H,13-14,16H2,1-4H3,(H2,25,27,28);1H. The molecular formula is C24H32IN5O2. The number of carbonyl (C=O) groups excluding carboxylic acids is 1. The van der Waals surface area contributed by atoms with E-state index in [1.54, 1.807) is 26.1 Å². The molecule has 1 heterocycles. The first-order valence-electron chi connectivity index (χ1n) is 10.4. The number of aliphatic imine (C=N–C) groups is 1. The van der Waals surface area contributed by atoms with Crippen molar-refractivity contribution < 1.29 is 9.53 Å². The summed E-state index contributed by atoms with van der Waals surface area (Å²) in [6, 6.07) is 16.2. The van der Waals surface area contributed by atoms with Gasteiger partial charge in [0.15, 0.2) is 5.96 Å². The summed E-state index contributed by atoms with van der Waals surface area (Å²) in [6.07, 6.45) is 2.80. The number of likely N-dealkylation sites (N-methyl/N-ethyl adjacent to an activating group) is 1. The number of H-pyrrole nitrogens is 1. The number of hydrogen-bond acceptors (Lipinski definition) is 3. The molecule has 0 radical (unpaired) electrons. The van der Waals surface area contributed by atoms with E-state index in [0.717, 1.165) is 28.6 Å². The molecule has 3 rings (SSSR count). The van der Waals surface area contributed by atoms with Gasteiger partial charge in [0.25, 0.3) is 0 Å². The lowest BCUT2D eigenvalue weighted by atomic mass is 10.1. The van der Waals surface area contributed by atoms with E-state index >= 15 is 0 Å². The number of benzene rings is 2. The van der Waals surface area contributed by atoms with Gasteiger partial charge in [0.2, 0.25) is 5.91 Å². The Morgan fingerprint density at radius 2 is 1.91 bits per heavy atom. The van der Waals surface area contributed by atoms with Gasteiger partial charge in [-0.1, -0.05) is 36.4 Å². The third kappa shape index (κ3) is 6.62. The maximum Gasteiger partial charge on any atom is 0.243 e. The van der Waals surface area contributed by atoms with E-state index in [4.69, 9.17) is 4.74 Å². The summed E-state index contributed by atoms with van der Waals surface area (Å²) >= 11 is 0. The number of nitrogens with one attached hydrogen (secondary N) is 3. The number of hydrogen-bond donors (Lipinski definition) is 3. The molecule has 32 heavy (non-hydrogen) atoms. The summed E-state index contributed by atoms with van der Waals surface area (Å²) in [5, 5.41) is 7.87. The topological polar surface area (TPSA) is 81.7 Å². The number of guanidine groups is 1. The fraction of sp³-hybridized carbons (Fsp3) is 0.333. The van der Waals surface area contributed by atoms with Crippen LogP contribution in [0.15, 0.2) is 59.7 Å². The molecule has 8 heteroatoms. The van der Waals surface area contributed by atoms with Crippen LogP contribution in [0.25, 0.3) is 10.9 Å². The Kier molecular flexibility index (Phi) is 9.83. The third-order valence-electron chi connectivity index (χ3n) is 5.18. The van der Waals surface area contributed by atoms with Crippen molar-refractivity contribution in [3.05, 3.63) is 65.9 Å². The van der Waals surface area contributed by atoms with Gasteiger partial charge >= 0.3 is 0 Å². The van der Waals surface area contributed by atoms with Crippen LogP contribution in [0, 0.1) is 0 Å². The first-order valence-corrected chi connectivity index (χ1v) is 10.4.